The van der Waals surface area contributed by atoms with Gasteiger partial charge in [0.05, 0.1) is 33.7 Å². The molecule has 0 aliphatic carbocycles. The summed E-state index contributed by atoms with van der Waals surface area (Å²) in [5.74, 6) is -0.0662. The Kier molecular flexibility index (Phi) is 4.13. The first-order chi connectivity index (χ1) is 5.37. The molecule has 0 spiro atoms. The van der Waals surface area contributed by atoms with E-state index in [2.05, 4.69) is 27.7 Å². The van der Waals surface area contributed by atoms with E-state index in [4.69, 9.17) is 5.73 Å². The molecule has 0 heterocycles. The predicted molar refractivity (Wildman–Crippen MR) is 50.7 cm³/mol. The monoisotopic (exact) mass is 171 g/mol. The molecule has 0 aliphatic rings. The molecule has 0 saturated heterocycles. The maximum atomic E-state index is 11.0. The van der Waals surface area contributed by atoms with Crippen molar-refractivity contribution in [2.24, 2.45) is 5.73 Å². The van der Waals surface area contributed by atoms with Gasteiger partial charge in [0.1, 0.15) is 0 Å². The second-order valence-corrected chi connectivity index (χ2v) is 4.02. The largest absolute Gasteiger partial charge is 0.331 e. The van der Waals surface area contributed by atoms with Gasteiger partial charge in [-0.2, -0.15) is 0 Å². The highest BCUT2D eigenvalue weighted by Crippen LogP contribution is 1.97. The second-order valence-electron chi connectivity index (χ2n) is 4.02. The van der Waals surface area contributed by atoms with E-state index in [9.17, 15) is 4.79 Å². The zero-order valence-electron chi connectivity index (χ0n) is 8.21. The Balaban J connectivity index is 3.79. The Morgan fingerprint density at radius 3 is 2.42 bits per heavy atom. The number of nitrogens with two attached hydrogens (primary N) is 1. The van der Waals surface area contributed by atoms with Gasteiger partial charge in [0, 0.05) is 6.42 Å². The molecule has 1 unspecified atom stereocenters. The van der Waals surface area contributed by atoms with Crippen molar-refractivity contribution in [2.45, 2.75) is 12.5 Å². The third-order valence-electron chi connectivity index (χ3n) is 1.68. The Bertz CT molecular complexity index is 170. The number of nitrogens with zero attached hydrogens (tertiary/aromatic N) is 1. The molecule has 0 radical (unpaired) electrons. The number of ketones is 1. The molecular formula is C9H19N2O+. The van der Waals surface area contributed by atoms with Gasteiger partial charge in [-0.1, -0.05) is 6.58 Å². The quantitative estimate of drug-likeness (QED) is 0.473. The molecule has 3 heteroatoms. The first-order valence-corrected chi connectivity index (χ1v) is 4.09. The van der Waals surface area contributed by atoms with Crippen molar-refractivity contribution in [3.63, 3.8) is 0 Å². The van der Waals surface area contributed by atoms with Gasteiger partial charge in [-0.15, -0.1) is 0 Å². The van der Waals surface area contributed by atoms with Crippen molar-refractivity contribution in [3.05, 3.63) is 12.7 Å². The van der Waals surface area contributed by atoms with Gasteiger partial charge >= 0.3 is 0 Å². The van der Waals surface area contributed by atoms with Gasteiger partial charge in [-0.3, -0.25) is 4.79 Å². The lowest BCUT2D eigenvalue weighted by Crippen LogP contribution is -2.40. The second kappa shape index (κ2) is 4.38. The van der Waals surface area contributed by atoms with Crippen LogP contribution in [-0.2, 0) is 4.79 Å². The maximum absolute atomic E-state index is 11.0. The van der Waals surface area contributed by atoms with E-state index in [0.29, 0.717) is 6.42 Å². The average Bonchev–Trinajstić information content (AvgIpc) is 1.97. The van der Waals surface area contributed by atoms with Gasteiger partial charge < -0.3 is 10.2 Å². The molecule has 0 amide bonds. The van der Waals surface area contributed by atoms with Crippen LogP contribution in [0.5, 0.6) is 0 Å². The molecule has 0 saturated carbocycles. The first kappa shape index (κ1) is 11.3. The SMILES string of the molecule is C=CC(=O)C(N)CC[N+](C)(C)C. The summed E-state index contributed by atoms with van der Waals surface area (Å²) in [6.07, 6.45) is 2.01. The minimum atomic E-state index is -0.375. The summed E-state index contributed by atoms with van der Waals surface area (Å²) in [7, 11) is 6.22. The minimum absolute atomic E-state index is 0.0662. The van der Waals surface area contributed by atoms with Crippen molar-refractivity contribution in [1.82, 2.24) is 0 Å². The van der Waals surface area contributed by atoms with Crippen molar-refractivity contribution in [1.29, 1.82) is 0 Å². The lowest BCUT2D eigenvalue weighted by molar-refractivity contribution is -0.870. The van der Waals surface area contributed by atoms with E-state index in [1.165, 1.54) is 6.08 Å². The summed E-state index contributed by atoms with van der Waals surface area (Å²) >= 11 is 0. The van der Waals surface area contributed by atoms with Crippen LogP contribution in [0.2, 0.25) is 0 Å². The fourth-order valence-electron chi connectivity index (χ4n) is 0.820. The lowest BCUT2D eigenvalue weighted by atomic mass is 10.1. The Hall–Kier alpha value is -0.670. The summed E-state index contributed by atoms with van der Waals surface area (Å²) in [4.78, 5) is 11.0. The van der Waals surface area contributed by atoms with Crippen molar-refractivity contribution in [2.75, 3.05) is 27.7 Å². The Morgan fingerprint density at radius 1 is 1.58 bits per heavy atom. The highest BCUT2D eigenvalue weighted by atomic mass is 16.1. The molecule has 0 aromatic carbocycles. The molecule has 0 aliphatic heterocycles. The van der Waals surface area contributed by atoms with Gasteiger partial charge in [-0.05, 0) is 6.08 Å². The molecule has 12 heavy (non-hydrogen) atoms. The summed E-state index contributed by atoms with van der Waals surface area (Å²) < 4.78 is 0.831. The van der Waals surface area contributed by atoms with E-state index in [1.807, 2.05) is 0 Å². The highest BCUT2D eigenvalue weighted by Gasteiger charge is 2.14. The van der Waals surface area contributed by atoms with E-state index < -0.39 is 0 Å². The third-order valence-corrected chi connectivity index (χ3v) is 1.68. The summed E-state index contributed by atoms with van der Waals surface area (Å²) in [6.45, 7) is 4.29. The molecule has 70 valence electrons. The maximum Gasteiger partial charge on any atom is 0.171 e. The number of carbonyl (C=O) groups is 1. The smallest absolute Gasteiger partial charge is 0.171 e. The molecule has 0 fully saturated rings. The van der Waals surface area contributed by atoms with Crippen LogP contribution in [0.4, 0.5) is 0 Å². The van der Waals surface area contributed by atoms with Crippen LogP contribution in [0.1, 0.15) is 6.42 Å². The van der Waals surface area contributed by atoms with Gasteiger partial charge in [0.2, 0.25) is 0 Å². The molecule has 0 rings (SSSR count). The van der Waals surface area contributed by atoms with Crippen LogP contribution in [-0.4, -0.2) is 44.0 Å². The molecule has 1 atom stereocenters. The molecule has 0 aromatic heterocycles. The fraction of sp³-hybridized carbons (Fsp3) is 0.667. The third kappa shape index (κ3) is 5.04. The molecule has 3 nitrogen and oxygen atoms in total. The van der Waals surface area contributed by atoms with E-state index in [1.54, 1.807) is 0 Å². The molecule has 0 bridgehead atoms. The number of rotatable bonds is 5. The van der Waals surface area contributed by atoms with Gasteiger partial charge in [0.15, 0.2) is 5.78 Å². The number of hydrogen-bond acceptors (Lipinski definition) is 2. The Labute approximate surface area is 74.4 Å². The molecule has 2 N–H and O–H groups in total. The number of quaternary nitrogens is 1. The fourth-order valence-corrected chi connectivity index (χ4v) is 0.820. The highest BCUT2D eigenvalue weighted by molar-refractivity contribution is 5.93. The topological polar surface area (TPSA) is 43.1 Å². The lowest BCUT2D eigenvalue weighted by Gasteiger charge is -2.24. The zero-order valence-corrected chi connectivity index (χ0v) is 8.21. The van der Waals surface area contributed by atoms with Gasteiger partial charge in [-0.25, -0.2) is 0 Å². The summed E-state index contributed by atoms with van der Waals surface area (Å²) in [6, 6.07) is -0.375. The first-order valence-electron chi connectivity index (χ1n) is 4.09. The predicted octanol–water partition coefficient (Wildman–Crippen LogP) is 0.165. The average molecular weight is 171 g/mol. The van der Waals surface area contributed by atoms with Crippen LogP contribution < -0.4 is 5.73 Å². The van der Waals surface area contributed by atoms with E-state index >= 15 is 0 Å². The molecule has 0 aromatic rings. The van der Waals surface area contributed by atoms with Crippen LogP contribution in [0.3, 0.4) is 0 Å². The number of hydrogen-bond donors (Lipinski definition) is 1. The standard InChI is InChI=1S/C9H19N2O/c1-5-9(12)8(10)6-7-11(2,3)4/h5,8H,1,6-7,10H2,2-4H3/q+1. The Morgan fingerprint density at radius 2 is 2.08 bits per heavy atom. The van der Waals surface area contributed by atoms with Crippen molar-refractivity contribution in [3.8, 4) is 0 Å². The van der Waals surface area contributed by atoms with Crippen molar-refractivity contribution < 1.29 is 9.28 Å². The van der Waals surface area contributed by atoms with E-state index in [0.717, 1.165) is 11.0 Å². The summed E-state index contributed by atoms with van der Waals surface area (Å²) in [5.41, 5.74) is 5.60. The van der Waals surface area contributed by atoms with E-state index in [-0.39, 0.29) is 11.8 Å². The van der Waals surface area contributed by atoms with Gasteiger partial charge in [0.25, 0.3) is 0 Å². The van der Waals surface area contributed by atoms with Crippen molar-refractivity contribution >= 4 is 5.78 Å². The zero-order chi connectivity index (χ0) is 9.78. The molecular weight excluding hydrogens is 152 g/mol. The minimum Gasteiger partial charge on any atom is -0.331 e. The van der Waals surface area contributed by atoms with Crippen LogP contribution in [0.15, 0.2) is 12.7 Å². The van der Waals surface area contributed by atoms with Crippen LogP contribution in [0, 0.1) is 0 Å². The normalized spacial score (nSPS) is 14.0. The number of carbonyl (C=O) groups excluding carboxylic acids is 1. The van der Waals surface area contributed by atoms with Crippen LogP contribution in [0.25, 0.3) is 0 Å². The summed E-state index contributed by atoms with van der Waals surface area (Å²) in [5, 5.41) is 0. The van der Waals surface area contributed by atoms with Crippen LogP contribution >= 0.6 is 0 Å².